The number of aromatic nitrogens is 2. The monoisotopic (exact) mass is 319 g/mol. The van der Waals surface area contributed by atoms with E-state index in [1.54, 1.807) is 11.3 Å². The highest BCUT2D eigenvalue weighted by atomic mass is 32.2. The first-order valence-corrected chi connectivity index (χ1v) is 9.38. The number of nitrogens with zero attached hydrogens (tertiary/aromatic N) is 2. The van der Waals surface area contributed by atoms with Gasteiger partial charge in [0.1, 0.15) is 5.51 Å². The Hall–Kier alpha value is -0.910. The molecule has 1 aromatic heterocycles. The Balaban J connectivity index is 1.86. The Morgan fingerprint density at radius 3 is 3.10 bits per heavy atom. The molecule has 1 heterocycles. The summed E-state index contributed by atoms with van der Waals surface area (Å²) in [6.45, 7) is 3.29. The summed E-state index contributed by atoms with van der Waals surface area (Å²) in [7, 11) is 0. The van der Waals surface area contributed by atoms with Crippen molar-refractivity contribution in [1.82, 2.24) is 15.5 Å². The number of fused-ring (bicyclic) bond motifs is 1. The summed E-state index contributed by atoms with van der Waals surface area (Å²) < 4.78 is 1.09. The molecule has 3 nitrogen and oxygen atoms in total. The minimum atomic E-state index is 0.414. The minimum Gasteiger partial charge on any atom is -0.309 e. The van der Waals surface area contributed by atoms with Gasteiger partial charge in [0.15, 0.2) is 4.34 Å². The van der Waals surface area contributed by atoms with Crippen LogP contribution in [0.25, 0.3) is 0 Å². The van der Waals surface area contributed by atoms with Gasteiger partial charge >= 0.3 is 0 Å². The minimum absolute atomic E-state index is 0.414. The van der Waals surface area contributed by atoms with E-state index in [0.717, 1.165) is 17.3 Å². The van der Waals surface area contributed by atoms with Crippen molar-refractivity contribution in [2.24, 2.45) is 0 Å². The van der Waals surface area contributed by atoms with Crippen molar-refractivity contribution in [3.63, 3.8) is 0 Å². The smallest absolute Gasteiger partial charge is 0.174 e. The first-order valence-electron chi connectivity index (χ1n) is 7.62. The van der Waals surface area contributed by atoms with Gasteiger partial charge in [-0.25, -0.2) is 0 Å². The van der Waals surface area contributed by atoms with Crippen molar-refractivity contribution in [1.29, 1.82) is 0 Å². The van der Waals surface area contributed by atoms with Crippen molar-refractivity contribution < 1.29 is 0 Å². The highest BCUT2D eigenvalue weighted by Gasteiger charge is 2.28. The summed E-state index contributed by atoms with van der Waals surface area (Å²) >= 11 is 3.53. The van der Waals surface area contributed by atoms with Gasteiger partial charge in [-0.2, -0.15) is 0 Å². The molecule has 2 atom stereocenters. The molecule has 0 radical (unpaired) electrons. The van der Waals surface area contributed by atoms with E-state index in [9.17, 15) is 0 Å². The van der Waals surface area contributed by atoms with Crippen LogP contribution < -0.4 is 5.32 Å². The second-order valence-corrected chi connectivity index (χ2v) is 7.70. The maximum atomic E-state index is 4.22. The summed E-state index contributed by atoms with van der Waals surface area (Å²) in [5.74, 6) is 0. The van der Waals surface area contributed by atoms with Gasteiger partial charge in [0.05, 0.1) is 0 Å². The molecule has 21 heavy (non-hydrogen) atoms. The van der Waals surface area contributed by atoms with E-state index in [-0.39, 0.29) is 0 Å². The first kappa shape index (κ1) is 15.0. The average molecular weight is 319 g/mol. The van der Waals surface area contributed by atoms with Crippen LogP contribution in [-0.2, 0) is 6.42 Å². The zero-order chi connectivity index (χ0) is 14.5. The van der Waals surface area contributed by atoms with Crippen molar-refractivity contribution >= 4 is 23.1 Å². The Kier molecular flexibility index (Phi) is 5.27. The fourth-order valence-electron chi connectivity index (χ4n) is 2.94. The molecule has 1 N–H and O–H groups in total. The van der Waals surface area contributed by atoms with Gasteiger partial charge < -0.3 is 5.32 Å². The second-order valence-electron chi connectivity index (χ2n) is 5.38. The lowest BCUT2D eigenvalue weighted by molar-refractivity contribution is 0.501. The standard InChI is InChI=1S/C16H21N3S2/c1-2-10-17-15-13-8-4-3-6-12(13)7-5-9-14(15)21-16-19-18-11-20-16/h3-4,6,8,11,14-15,17H,2,5,7,9-10H2,1H3. The van der Waals surface area contributed by atoms with Gasteiger partial charge in [-0.05, 0) is 43.4 Å². The van der Waals surface area contributed by atoms with Crippen molar-refractivity contribution in [2.75, 3.05) is 6.54 Å². The summed E-state index contributed by atoms with van der Waals surface area (Å²) in [6, 6.07) is 9.32. The normalized spacial score (nSPS) is 21.8. The molecule has 1 aliphatic rings. The zero-order valence-electron chi connectivity index (χ0n) is 12.3. The van der Waals surface area contributed by atoms with Crippen molar-refractivity contribution in [3.8, 4) is 0 Å². The van der Waals surface area contributed by atoms with Gasteiger partial charge in [0.25, 0.3) is 0 Å². The highest BCUT2D eigenvalue weighted by Crippen LogP contribution is 2.39. The summed E-state index contributed by atoms with van der Waals surface area (Å²) in [5, 5.41) is 12.5. The average Bonchev–Trinajstić information content (AvgIpc) is 2.95. The number of rotatable bonds is 5. The molecule has 0 saturated heterocycles. The van der Waals surface area contributed by atoms with Crippen LogP contribution in [-0.4, -0.2) is 22.0 Å². The number of aryl methyl sites for hydroxylation is 1. The van der Waals surface area contributed by atoms with Crippen molar-refractivity contribution in [3.05, 3.63) is 40.9 Å². The largest absolute Gasteiger partial charge is 0.309 e. The Bertz CT molecular complexity index is 556. The molecule has 0 aliphatic heterocycles. The van der Waals surface area contributed by atoms with E-state index in [4.69, 9.17) is 0 Å². The fourth-order valence-corrected chi connectivity index (χ4v) is 4.96. The van der Waals surface area contributed by atoms with Crippen LogP contribution in [0.15, 0.2) is 34.1 Å². The van der Waals surface area contributed by atoms with Gasteiger partial charge in [0, 0.05) is 11.3 Å². The van der Waals surface area contributed by atoms with E-state index in [0.29, 0.717) is 11.3 Å². The summed E-state index contributed by atoms with van der Waals surface area (Å²) in [4.78, 5) is 0. The number of nitrogens with one attached hydrogen (secondary N) is 1. The van der Waals surface area contributed by atoms with Crippen LogP contribution in [0.5, 0.6) is 0 Å². The van der Waals surface area contributed by atoms with Gasteiger partial charge in [0.2, 0.25) is 0 Å². The first-order chi connectivity index (χ1) is 10.4. The molecule has 0 amide bonds. The van der Waals surface area contributed by atoms with Crippen LogP contribution in [0.4, 0.5) is 0 Å². The molecule has 2 aromatic rings. The summed E-state index contributed by atoms with van der Waals surface area (Å²) in [6.07, 6.45) is 4.82. The van der Waals surface area contributed by atoms with Crippen LogP contribution in [0.1, 0.15) is 43.4 Å². The van der Waals surface area contributed by atoms with Gasteiger partial charge in [-0.15, -0.1) is 10.2 Å². The molecule has 112 valence electrons. The van der Waals surface area contributed by atoms with Crippen LogP contribution >= 0.6 is 23.1 Å². The Morgan fingerprint density at radius 2 is 2.29 bits per heavy atom. The molecule has 0 bridgehead atoms. The van der Waals surface area contributed by atoms with E-state index in [2.05, 4.69) is 46.7 Å². The third kappa shape index (κ3) is 3.65. The van der Waals surface area contributed by atoms with E-state index in [1.165, 1.54) is 30.4 Å². The van der Waals surface area contributed by atoms with Crippen LogP contribution in [0.3, 0.4) is 0 Å². The molecular formula is C16H21N3S2. The number of hydrogen-bond acceptors (Lipinski definition) is 5. The molecule has 1 aromatic carbocycles. The molecule has 5 heteroatoms. The summed E-state index contributed by atoms with van der Waals surface area (Å²) in [5.41, 5.74) is 4.80. The molecule has 3 rings (SSSR count). The SMILES string of the molecule is CCCNC1c2ccccc2CCCC1Sc1nncs1. The second kappa shape index (κ2) is 7.38. The lowest BCUT2D eigenvalue weighted by atomic mass is 9.99. The van der Waals surface area contributed by atoms with E-state index >= 15 is 0 Å². The van der Waals surface area contributed by atoms with Crippen molar-refractivity contribution in [2.45, 2.75) is 48.2 Å². The van der Waals surface area contributed by atoms with E-state index in [1.807, 2.05) is 17.3 Å². The molecule has 2 unspecified atom stereocenters. The molecular weight excluding hydrogens is 298 g/mol. The number of hydrogen-bond donors (Lipinski definition) is 1. The lowest BCUT2D eigenvalue weighted by Gasteiger charge is -2.26. The third-order valence-corrected chi connectivity index (χ3v) is 6.06. The Morgan fingerprint density at radius 1 is 1.38 bits per heavy atom. The topological polar surface area (TPSA) is 37.8 Å². The number of benzene rings is 1. The highest BCUT2D eigenvalue weighted by molar-refractivity contribution is 8.01. The van der Waals surface area contributed by atoms with E-state index < -0.39 is 0 Å². The predicted molar refractivity (Wildman–Crippen MR) is 90.0 cm³/mol. The van der Waals surface area contributed by atoms with Gasteiger partial charge in [-0.1, -0.05) is 54.3 Å². The maximum absolute atomic E-state index is 4.22. The lowest BCUT2D eigenvalue weighted by Crippen LogP contribution is -2.30. The van der Waals surface area contributed by atoms with Crippen LogP contribution in [0.2, 0.25) is 0 Å². The quantitative estimate of drug-likeness (QED) is 0.843. The molecule has 0 saturated carbocycles. The third-order valence-electron chi connectivity index (χ3n) is 3.90. The van der Waals surface area contributed by atoms with Gasteiger partial charge in [-0.3, -0.25) is 0 Å². The Labute approximate surface area is 134 Å². The number of thioether (sulfide) groups is 1. The molecule has 0 fully saturated rings. The molecule has 1 aliphatic carbocycles. The maximum Gasteiger partial charge on any atom is 0.174 e. The predicted octanol–water partition coefficient (Wildman–Crippen LogP) is 4.08. The van der Waals surface area contributed by atoms with Crippen LogP contribution in [0, 0.1) is 0 Å². The fraction of sp³-hybridized carbons (Fsp3) is 0.500. The zero-order valence-corrected chi connectivity index (χ0v) is 13.9. The molecule has 0 spiro atoms.